The van der Waals surface area contributed by atoms with E-state index in [1.165, 1.54) is 4.68 Å². The Morgan fingerprint density at radius 1 is 1.33 bits per heavy atom. The molecule has 0 unspecified atom stereocenters. The van der Waals surface area contributed by atoms with Crippen LogP contribution >= 0.6 is 0 Å². The maximum absolute atomic E-state index is 13.3. The molecule has 0 saturated carbocycles. The molecule has 2 aromatic heterocycles. The van der Waals surface area contributed by atoms with Crippen LogP contribution in [0, 0.1) is 6.92 Å². The van der Waals surface area contributed by atoms with Gasteiger partial charge < -0.3 is 5.32 Å². The lowest BCUT2D eigenvalue weighted by atomic mass is 10.1. The van der Waals surface area contributed by atoms with Crippen LogP contribution in [0.4, 0.5) is 13.2 Å². The Labute approximate surface area is 155 Å². The molecule has 0 bridgehead atoms. The zero-order chi connectivity index (χ0) is 19.8. The van der Waals surface area contributed by atoms with Crippen molar-refractivity contribution in [3.8, 4) is 0 Å². The van der Waals surface area contributed by atoms with Crippen molar-refractivity contribution in [1.82, 2.24) is 24.9 Å². The highest BCUT2D eigenvalue weighted by Crippen LogP contribution is 2.37. The molecular weight excluding hydrogens is 359 g/mol. The lowest BCUT2D eigenvalue weighted by molar-refractivity contribution is -0.142. The number of nitrogens with zero attached hydrogens (tertiary/aromatic N) is 4. The van der Waals surface area contributed by atoms with Crippen LogP contribution in [-0.4, -0.2) is 31.5 Å². The highest BCUT2D eigenvalue weighted by Gasteiger charge is 2.41. The van der Waals surface area contributed by atoms with Gasteiger partial charge in [0.2, 0.25) is 5.91 Å². The van der Waals surface area contributed by atoms with E-state index in [9.17, 15) is 18.0 Å². The third-order valence-corrected chi connectivity index (χ3v) is 4.84. The van der Waals surface area contributed by atoms with E-state index in [0.717, 1.165) is 5.69 Å². The van der Waals surface area contributed by atoms with Crippen LogP contribution < -0.4 is 5.32 Å². The molecule has 3 rings (SSSR count). The SMILES string of the molecule is CC[C@@H](C(=O)N[C@@H](C)Cn1ccc(C)n1)n1nc(C(F)(F)F)c2c1CCC2. The second-order valence-corrected chi connectivity index (χ2v) is 7.08. The molecule has 0 spiro atoms. The Morgan fingerprint density at radius 3 is 2.67 bits per heavy atom. The van der Waals surface area contributed by atoms with E-state index in [1.807, 2.05) is 26.1 Å². The highest BCUT2D eigenvalue weighted by atomic mass is 19.4. The number of alkyl halides is 3. The number of carbonyl (C=O) groups excluding carboxylic acids is 1. The molecule has 0 fully saturated rings. The minimum absolute atomic E-state index is 0.212. The Hall–Kier alpha value is -2.32. The summed E-state index contributed by atoms with van der Waals surface area (Å²) >= 11 is 0. The Kier molecular flexibility index (Phi) is 5.30. The van der Waals surface area contributed by atoms with Gasteiger partial charge in [0, 0.05) is 23.5 Å². The number of aryl methyl sites for hydroxylation is 1. The molecule has 27 heavy (non-hydrogen) atoms. The summed E-state index contributed by atoms with van der Waals surface area (Å²) in [6.07, 6.45) is -0.777. The molecule has 0 saturated heterocycles. The van der Waals surface area contributed by atoms with Gasteiger partial charge in [0.25, 0.3) is 0 Å². The normalized spacial score (nSPS) is 16.2. The predicted molar refractivity (Wildman–Crippen MR) is 93.2 cm³/mol. The molecular formula is C18H24F3N5O. The number of rotatable bonds is 6. The molecule has 2 atom stereocenters. The number of hydrogen-bond donors (Lipinski definition) is 1. The van der Waals surface area contributed by atoms with E-state index in [4.69, 9.17) is 0 Å². The average Bonchev–Trinajstić information content (AvgIpc) is 3.25. The van der Waals surface area contributed by atoms with E-state index < -0.39 is 17.9 Å². The van der Waals surface area contributed by atoms with Gasteiger partial charge in [-0.05, 0) is 45.6 Å². The number of fused-ring (bicyclic) bond motifs is 1. The second kappa shape index (κ2) is 7.36. The molecule has 6 nitrogen and oxygen atoms in total. The minimum Gasteiger partial charge on any atom is -0.350 e. The summed E-state index contributed by atoms with van der Waals surface area (Å²) < 4.78 is 42.9. The fourth-order valence-electron chi connectivity index (χ4n) is 3.65. The zero-order valence-electron chi connectivity index (χ0n) is 15.7. The summed E-state index contributed by atoms with van der Waals surface area (Å²) in [4.78, 5) is 12.8. The first-order valence-corrected chi connectivity index (χ1v) is 9.18. The maximum Gasteiger partial charge on any atom is 0.435 e. The van der Waals surface area contributed by atoms with E-state index in [-0.39, 0.29) is 17.5 Å². The molecule has 2 aromatic rings. The molecule has 0 aromatic carbocycles. The Balaban J connectivity index is 1.77. The number of nitrogens with one attached hydrogen (secondary N) is 1. The number of hydrogen-bond acceptors (Lipinski definition) is 3. The zero-order valence-corrected chi connectivity index (χ0v) is 15.7. The third kappa shape index (κ3) is 4.01. The lowest BCUT2D eigenvalue weighted by Gasteiger charge is -2.21. The number of aromatic nitrogens is 4. The fraction of sp³-hybridized carbons (Fsp3) is 0.611. The first-order valence-electron chi connectivity index (χ1n) is 9.18. The molecule has 1 amide bonds. The Bertz CT molecular complexity index is 824. The van der Waals surface area contributed by atoms with Gasteiger partial charge in [-0.1, -0.05) is 6.92 Å². The van der Waals surface area contributed by atoms with E-state index in [1.54, 1.807) is 11.6 Å². The largest absolute Gasteiger partial charge is 0.435 e. The summed E-state index contributed by atoms with van der Waals surface area (Å²) in [5, 5.41) is 11.0. The molecule has 148 valence electrons. The quantitative estimate of drug-likeness (QED) is 0.834. The topological polar surface area (TPSA) is 64.7 Å². The number of amides is 1. The smallest absolute Gasteiger partial charge is 0.350 e. The maximum atomic E-state index is 13.3. The van der Waals surface area contributed by atoms with Gasteiger partial charge in [-0.25, -0.2) is 0 Å². The Morgan fingerprint density at radius 2 is 2.07 bits per heavy atom. The highest BCUT2D eigenvalue weighted by molar-refractivity contribution is 5.80. The number of halogens is 3. The molecule has 1 N–H and O–H groups in total. The van der Waals surface area contributed by atoms with Crippen molar-refractivity contribution in [3.05, 3.63) is 34.9 Å². The van der Waals surface area contributed by atoms with Crippen LogP contribution in [0.2, 0.25) is 0 Å². The molecule has 1 aliphatic carbocycles. The summed E-state index contributed by atoms with van der Waals surface area (Å²) in [5.41, 5.74) is 0.821. The summed E-state index contributed by atoms with van der Waals surface area (Å²) in [6, 6.07) is 0.904. The molecule has 2 heterocycles. The van der Waals surface area contributed by atoms with Crippen molar-refractivity contribution in [2.45, 2.75) is 71.3 Å². The fourth-order valence-corrected chi connectivity index (χ4v) is 3.65. The second-order valence-electron chi connectivity index (χ2n) is 7.08. The third-order valence-electron chi connectivity index (χ3n) is 4.84. The average molecular weight is 383 g/mol. The van der Waals surface area contributed by atoms with Crippen LogP contribution in [0.1, 0.15) is 55.4 Å². The molecule has 0 radical (unpaired) electrons. The standard InChI is InChI=1S/C18H24F3N5O/c1-4-14(17(27)22-12(3)10-25-9-8-11(2)23-25)26-15-7-5-6-13(15)16(24-26)18(19,20)21/h8-9,12,14H,4-7,10H2,1-3H3,(H,22,27)/t12-,14-/m0/s1. The minimum atomic E-state index is -4.50. The van der Waals surface area contributed by atoms with Crippen molar-refractivity contribution in [2.24, 2.45) is 0 Å². The van der Waals surface area contributed by atoms with Gasteiger partial charge in [-0.2, -0.15) is 23.4 Å². The van der Waals surface area contributed by atoms with Gasteiger partial charge >= 0.3 is 6.18 Å². The van der Waals surface area contributed by atoms with Crippen molar-refractivity contribution < 1.29 is 18.0 Å². The first kappa shape index (κ1) is 19.4. The van der Waals surface area contributed by atoms with Gasteiger partial charge in [-0.3, -0.25) is 14.2 Å². The molecule has 1 aliphatic rings. The van der Waals surface area contributed by atoms with Crippen molar-refractivity contribution in [1.29, 1.82) is 0 Å². The lowest BCUT2D eigenvalue weighted by Crippen LogP contribution is -2.41. The van der Waals surface area contributed by atoms with Crippen molar-refractivity contribution in [2.75, 3.05) is 0 Å². The van der Waals surface area contributed by atoms with Gasteiger partial charge in [0.05, 0.1) is 12.2 Å². The molecule has 9 heteroatoms. The number of carbonyl (C=O) groups is 1. The van der Waals surface area contributed by atoms with Crippen molar-refractivity contribution >= 4 is 5.91 Å². The van der Waals surface area contributed by atoms with E-state index in [0.29, 0.717) is 37.9 Å². The summed E-state index contributed by atoms with van der Waals surface area (Å²) in [6.45, 7) is 5.99. The van der Waals surface area contributed by atoms with Crippen LogP contribution in [0.15, 0.2) is 12.3 Å². The first-order chi connectivity index (χ1) is 12.7. The molecule has 0 aliphatic heterocycles. The van der Waals surface area contributed by atoms with Crippen LogP contribution in [0.25, 0.3) is 0 Å². The summed E-state index contributed by atoms with van der Waals surface area (Å²) in [5.74, 6) is -0.320. The van der Waals surface area contributed by atoms with Crippen molar-refractivity contribution in [3.63, 3.8) is 0 Å². The van der Waals surface area contributed by atoms with E-state index >= 15 is 0 Å². The van der Waals surface area contributed by atoms with E-state index in [2.05, 4.69) is 15.5 Å². The van der Waals surface area contributed by atoms with Gasteiger partial charge in [0.1, 0.15) is 6.04 Å². The van der Waals surface area contributed by atoms with Gasteiger partial charge in [0.15, 0.2) is 5.69 Å². The van der Waals surface area contributed by atoms with Crippen LogP contribution in [0.3, 0.4) is 0 Å². The summed E-state index contributed by atoms with van der Waals surface area (Å²) in [7, 11) is 0. The van der Waals surface area contributed by atoms with Crippen LogP contribution in [0.5, 0.6) is 0 Å². The van der Waals surface area contributed by atoms with Gasteiger partial charge in [-0.15, -0.1) is 0 Å². The van der Waals surface area contributed by atoms with Crippen LogP contribution in [-0.2, 0) is 30.4 Å². The predicted octanol–water partition coefficient (Wildman–Crippen LogP) is 3.05. The monoisotopic (exact) mass is 383 g/mol.